The van der Waals surface area contributed by atoms with Gasteiger partial charge < -0.3 is 10.1 Å². The summed E-state index contributed by atoms with van der Waals surface area (Å²) in [6.07, 6.45) is 3.31. The quantitative estimate of drug-likeness (QED) is 0.642. The molecule has 0 unspecified atom stereocenters. The number of esters is 1. The van der Waals surface area contributed by atoms with Crippen LogP contribution in [0.2, 0.25) is 0 Å². The summed E-state index contributed by atoms with van der Waals surface area (Å²) in [6, 6.07) is 9.41. The van der Waals surface area contributed by atoms with Crippen LogP contribution in [0.4, 0.5) is 0 Å². The summed E-state index contributed by atoms with van der Waals surface area (Å²) in [4.78, 5) is 12.1. The molecule has 1 N–H and O–H groups in total. The molecule has 2 bridgehead atoms. The van der Waals surface area contributed by atoms with Crippen LogP contribution in [-0.2, 0) is 9.53 Å². The first kappa shape index (κ1) is 13.4. The van der Waals surface area contributed by atoms with Crippen LogP contribution in [0.1, 0.15) is 30.7 Å². The molecule has 3 nitrogen and oxygen atoms in total. The van der Waals surface area contributed by atoms with Crippen molar-refractivity contribution in [1.29, 1.82) is 0 Å². The fourth-order valence-corrected chi connectivity index (χ4v) is 3.93. The summed E-state index contributed by atoms with van der Waals surface area (Å²) in [5.41, 5.74) is 1.27. The molecule has 0 spiro atoms. The number of methoxy groups -OCH3 is 1. The van der Waals surface area contributed by atoms with E-state index < -0.39 is 0 Å². The molecule has 102 valence electrons. The molecule has 0 saturated carbocycles. The Bertz CT molecular complexity index is 474. The van der Waals surface area contributed by atoms with E-state index in [-0.39, 0.29) is 17.9 Å². The first-order valence-electron chi connectivity index (χ1n) is 6.78. The number of hydrogen-bond donors (Lipinski definition) is 1. The van der Waals surface area contributed by atoms with Gasteiger partial charge in [0.2, 0.25) is 0 Å². The first-order chi connectivity index (χ1) is 9.19. The highest BCUT2D eigenvalue weighted by atomic mass is 127. The molecule has 3 rings (SSSR count). The highest BCUT2D eigenvalue weighted by Crippen LogP contribution is 2.42. The van der Waals surface area contributed by atoms with Crippen molar-refractivity contribution in [3.05, 3.63) is 33.4 Å². The summed E-state index contributed by atoms with van der Waals surface area (Å²) in [5, 5.41) is 3.56. The van der Waals surface area contributed by atoms with E-state index in [4.69, 9.17) is 4.74 Å². The Morgan fingerprint density at radius 3 is 2.74 bits per heavy atom. The second-order valence-corrected chi connectivity index (χ2v) is 6.74. The minimum absolute atomic E-state index is 0.0381. The van der Waals surface area contributed by atoms with Crippen LogP contribution in [0, 0.1) is 9.49 Å². The molecule has 0 radical (unpaired) electrons. The molecule has 4 heteroatoms. The third-order valence-corrected chi connectivity index (χ3v) is 5.17. The average Bonchev–Trinajstić information content (AvgIpc) is 2.80. The topological polar surface area (TPSA) is 38.3 Å². The van der Waals surface area contributed by atoms with E-state index in [0.717, 1.165) is 12.8 Å². The second-order valence-electron chi connectivity index (χ2n) is 5.49. The normalized spacial score (nSPS) is 33.2. The molecular formula is C15H18INO2. The first-order valence-corrected chi connectivity index (χ1v) is 7.86. The summed E-state index contributed by atoms with van der Waals surface area (Å²) in [5.74, 6) is 0.188. The Labute approximate surface area is 127 Å². The molecule has 19 heavy (non-hydrogen) atoms. The van der Waals surface area contributed by atoms with E-state index in [1.165, 1.54) is 22.7 Å². The lowest BCUT2D eigenvalue weighted by atomic mass is 9.77. The molecule has 0 amide bonds. The van der Waals surface area contributed by atoms with Crippen molar-refractivity contribution in [2.45, 2.75) is 37.3 Å². The zero-order valence-corrected chi connectivity index (χ0v) is 13.1. The van der Waals surface area contributed by atoms with Gasteiger partial charge in [-0.15, -0.1) is 0 Å². The number of ether oxygens (including phenoxy) is 1. The minimum Gasteiger partial charge on any atom is -0.469 e. The van der Waals surface area contributed by atoms with Gasteiger partial charge in [-0.2, -0.15) is 0 Å². The van der Waals surface area contributed by atoms with Gasteiger partial charge in [-0.3, -0.25) is 4.79 Å². The van der Waals surface area contributed by atoms with Gasteiger partial charge in [0.1, 0.15) is 0 Å². The van der Waals surface area contributed by atoms with Gasteiger partial charge in [0.25, 0.3) is 0 Å². The van der Waals surface area contributed by atoms with Crippen molar-refractivity contribution in [2.75, 3.05) is 7.11 Å². The maximum atomic E-state index is 12.1. The molecule has 2 heterocycles. The Hall–Kier alpha value is -0.620. The number of piperidine rings is 1. The van der Waals surface area contributed by atoms with Crippen LogP contribution >= 0.6 is 22.6 Å². The number of halogens is 1. The standard InChI is InChI=1S/C15H18INO2/c1-19-15(18)14-12(8-11-6-7-13(14)17-11)9-2-4-10(16)5-3-9/h2-5,11-14,17H,6-8H2,1H3/t11-,12+,13-,14+/m1/s1. The third-order valence-electron chi connectivity index (χ3n) is 4.45. The van der Waals surface area contributed by atoms with E-state index in [1.807, 2.05) is 0 Å². The minimum atomic E-state index is -0.0681. The van der Waals surface area contributed by atoms with Crippen LogP contribution in [-0.4, -0.2) is 25.2 Å². The van der Waals surface area contributed by atoms with E-state index in [2.05, 4.69) is 52.2 Å². The Morgan fingerprint density at radius 1 is 1.32 bits per heavy atom. The van der Waals surface area contributed by atoms with Gasteiger partial charge in [-0.05, 0) is 59.5 Å². The fraction of sp³-hybridized carbons (Fsp3) is 0.533. The Kier molecular flexibility index (Phi) is 3.80. The van der Waals surface area contributed by atoms with Gasteiger partial charge in [-0.25, -0.2) is 0 Å². The summed E-state index contributed by atoms with van der Waals surface area (Å²) < 4.78 is 6.26. The summed E-state index contributed by atoms with van der Waals surface area (Å²) in [6.45, 7) is 0. The number of benzene rings is 1. The van der Waals surface area contributed by atoms with Crippen LogP contribution in [0.3, 0.4) is 0 Å². The molecule has 0 aliphatic carbocycles. The lowest BCUT2D eigenvalue weighted by Crippen LogP contribution is -2.48. The summed E-state index contributed by atoms with van der Waals surface area (Å²) in [7, 11) is 1.49. The Balaban J connectivity index is 1.92. The van der Waals surface area contributed by atoms with Crippen molar-refractivity contribution in [3.8, 4) is 0 Å². The molecular weight excluding hydrogens is 353 g/mol. The van der Waals surface area contributed by atoms with Crippen LogP contribution in [0.15, 0.2) is 24.3 Å². The van der Waals surface area contributed by atoms with Crippen LogP contribution in [0.25, 0.3) is 0 Å². The van der Waals surface area contributed by atoms with E-state index >= 15 is 0 Å². The largest absolute Gasteiger partial charge is 0.469 e. The van der Waals surface area contributed by atoms with Crippen molar-refractivity contribution in [3.63, 3.8) is 0 Å². The Morgan fingerprint density at radius 2 is 2.05 bits per heavy atom. The molecule has 0 aromatic heterocycles. The lowest BCUT2D eigenvalue weighted by molar-refractivity contribution is -0.148. The fourth-order valence-electron chi connectivity index (χ4n) is 3.57. The monoisotopic (exact) mass is 371 g/mol. The van der Waals surface area contributed by atoms with Crippen molar-refractivity contribution < 1.29 is 9.53 Å². The molecule has 2 aliphatic rings. The van der Waals surface area contributed by atoms with Crippen molar-refractivity contribution in [1.82, 2.24) is 5.32 Å². The van der Waals surface area contributed by atoms with Crippen molar-refractivity contribution in [2.24, 2.45) is 5.92 Å². The maximum Gasteiger partial charge on any atom is 0.310 e. The average molecular weight is 371 g/mol. The predicted octanol–water partition coefficient (Wildman–Crippen LogP) is 2.69. The van der Waals surface area contributed by atoms with Gasteiger partial charge in [0.05, 0.1) is 13.0 Å². The van der Waals surface area contributed by atoms with Gasteiger partial charge >= 0.3 is 5.97 Å². The highest BCUT2D eigenvalue weighted by molar-refractivity contribution is 14.1. The van der Waals surface area contributed by atoms with Crippen molar-refractivity contribution >= 4 is 28.6 Å². The number of nitrogens with one attached hydrogen (secondary N) is 1. The van der Waals surface area contributed by atoms with Crippen LogP contribution < -0.4 is 5.32 Å². The molecule has 4 atom stereocenters. The van der Waals surface area contributed by atoms with Gasteiger partial charge in [-0.1, -0.05) is 12.1 Å². The SMILES string of the molecule is COC(=O)[C@@H]1[C@H]2CC[C@H](C[C@H]1c1ccc(I)cc1)N2. The number of hydrogen-bond acceptors (Lipinski definition) is 3. The van der Waals surface area contributed by atoms with E-state index in [1.54, 1.807) is 0 Å². The highest BCUT2D eigenvalue weighted by Gasteiger charge is 2.46. The molecule has 1 aromatic rings. The summed E-state index contributed by atoms with van der Waals surface area (Å²) >= 11 is 2.31. The van der Waals surface area contributed by atoms with Gasteiger partial charge in [0, 0.05) is 21.6 Å². The smallest absolute Gasteiger partial charge is 0.310 e. The zero-order valence-electron chi connectivity index (χ0n) is 10.9. The lowest BCUT2D eigenvalue weighted by Gasteiger charge is -2.36. The maximum absolute atomic E-state index is 12.1. The molecule has 2 aliphatic heterocycles. The van der Waals surface area contributed by atoms with Crippen LogP contribution in [0.5, 0.6) is 0 Å². The number of rotatable bonds is 2. The zero-order chi connectivity index (χ0) is 13.4. The second kappa shape index (κ2) is 5.40. The molecule has 1 aromatic carbocycles. The molecule has 2 fully saturated rings. The van der Waals surface area contributed by atoms with E-state index in [0.29, 0.717) is 12.0 Å². The number of carbonyl (C=O) groups excluding carboxylic acids is 1. The number of fused-ring (bicyclic) bond motifs is 2. The number of carbonyl (C=O) groups is 1. The van der Waals surface area contributed by atoms with E-state index in [9.17, 15) is 4.79 Å². The predicted molar refractivity (Wildman–Crippen MR) is 82.0 cm³/mol. The third kappa shape index (κ3) is 2.52. The molecule has 2 saturated heterocycles. The van der Waals surface area contributed by atoms with Gasteiger partial charge in [0.15, 0.2) is 0 Å².